The number of hydrogen-bond donors (Lipinski definition) is 1. The zero-order valence-electron chi connectivity index (χ0n) is 10.8. The van der Waals surface area contributed by atoms with Crippen LogP contribution in [-0.2, 0) is 11.2 Å². The van der Waals surface area contributed by atoms with Gasteiger partial charge < -0.3 is 9.67 Å². The van der Waals surface area contributed by atoms with Gasteiger partial charge in [0, 0.05) is 11.4 Å². The molecule has 0 saturated heterocycles. The highest BCUT2D eigenvalue weighted by Gasteiger charge is 2.09. The van der Waals surface area contributed by atoms with Crippen molar-refractivity contribution in [2.45, 2.75) is 27.2 Å². The number of hydrogen-bond acceptors (Lipinski definition) is 2. The normalized spacial score (nSPS) is 10.6. The Morgan fingerprint density at radius 2 is 1.83 bits per heavy atom. The van der Waals surface area contributed by atoms with Gasteiger partial charge in [0.15, 0.2) is 0 Å². The number of aromatic nitrogens is 2. The highest BCUT2D eigenvalue weighted by Crippen LogP contribution is 2.16. The number of carboxylic acids is 1. The maximum Gasteiger partial charge on any atom is 0.309 e. The molecule has 2 aromatic heterocycles. The van der Waals surface area contributed by atoms with Crippen LogP contribution in [0.15, 0.2) is 24.3 Å². The lowest BCUT2D eigenvalue weighted by Crippen LogP contribution is -2.07. The Hall–Kier alpha value is -2.10. The summed E-state index contributed by atoms with van der Waals surface area (Å²) in [6, 6.07) is 7.82. The van der Waals surface area contributed by atoms with E-state index in [9.17, 15) is 4.79 Å². The molecule has 0 aliphatic heterocycles. The average Bonchev–Trinajstić information content (AvgIpc) is 2.56. The molecule has 94 valence electrons. The van der Waals surface area contributed by atoms with E-state index in [1.54, 1.807) is 0 Å². The van der Waals surface area contributed by atoms with E-state index in [-0.39, 0.29) is 6.42 Å². The van der Waals surface area contributed by atoms with Gasteiger partial charge >= 0.3 is 5.97 Å². The molecule has 4 nitrogen and oxygen atoms in total. The van der Waals surface area contributed by atoms with Gasteiger partial charge in [0.25, 0.3) is 0 Å². The zero-order chi connectivity index (χ0) is 13.3. The molecule has 2 heterocycles. The van der Waals surface area contributed by atoms with Crippen LogP contribution in [-0.4, -0.2) is 20.6 Å². The highest BCUT2D eigenvalue weighted by molar-refractivity contribution is 5.69. The van der Waals surface area contributed by atoms with E-state index in [4.69, 9.17) is 5.11 Å². The number of aryl methyl sites for hydroxylation is 3. The minimum atomic E-state index is -0.861. The second kappa shape index (κ2) is 4.64. The Kier molecular flexibility index (Phi) is 3.19. The Balaban J connectivity index is 2.51. The lowest BCUT2D eigenvalue weighted by atomic mass is 10.2. The predicted octanol–water partition coefficient (Wildman–Crippen LogP) is 2.42. The third kappa shape index (κ3) is 2.42. The van der Waals surface area contributed by atoms with Crippen molar-refractivity contribution in [1.29, 1.82) is 0 Å². The molecule has 2 rings (SSSR count). The molecule has 0 saturated carbocycles. The van der Waals surface area contributed by atoms with Gasteiger partial charge in [-0.05, 0) is 50.6 Å². The first-order valence-electron chi connectivity index (χ1n) is 5.82. The van der Waals surface area contributed by atoms with Gasteiger partial charge in [-0.2, -0.15) is 0 Å². The van der Waals surface area contributed by atoms with Crippen molar-refractivity contribution in [2.75, 3.05) is 0 Å². The fraction of sp³-hybridized carbons (Fsp3) is 0.286. The minimum absolute atomic E-state index is 0.0476. The number of rotatable bonds is 3. The van der Waals surface area contributed by atoms with Crippen molar-refractivity contribution in [3.8, 4) is 5.82 Å². The second-order valence-electron chi connectivity index (χ2n) is 4.52. The van der Waals surface area contributed by atoms with Crippen LogP contribution in [0, 0.1) is 20.8 Å². The molecule has 18 heavy (non-hydrogen) atoms. The van der Waals surface area contributed by atoms with Gasteiger partial charge in [-0.1, -0.05) is 0 Å². The van der Waals surface area contributed by atoms with Crippen LogP contribution >= 0.6 is 0 Å². The first-order valence-corrected chi connectivity index (χ1v) is 5.82. The molecule has 0 atom stereocenters. The van der Waals surface area contributed by atoms with Crippen LogP contribution in [0.3, 0.4) is 0 Å². The van der Waals surface area contributed by atoms with Crippen molar-refractivity contribution in [3.05, 3.63) is 46.9 Å². The van der Waals surface area contributed by atoms with E-state index in [1.807, 2.05) is 49.6 Å². The monoisotopic (exact) mass is 244 g/mol. The Morgan fingerprint density at radius 1 is 1.22 bits per heavy atom. The van der Waals surface area contributed by atoms with Crippen LogP contribution in [0.4, 0.5) is 0 Å². The van der Waals surface area contributed by atoms with Crippen LogP contribution in [0.2, 0.25) is 0 Å². The first-order chi connectivity index (χ1) is 8.47. The van der Waals surface area contributed by atoms with Gasteiger partial charge in [0.1, 0.15) is 5.82 Å². The minimum Gasteiger partial charge on any atom is -0.481 e. The van der Waals surface area contributed by atoms with Crippen molar-refractivity contribution >= 4 is 5.97 Å². The zero-order valence-corrected chi connectivity index (χ0v) is 10.8. The summed E-state index contributed by atoms with van der Waals surface area (Å²) in [4.78, 5) is 15.2. The predicted molar refractivity (Wildman–Crippen MR) is 69.1 cm³/mol. The SMILES string of the molecule is Cc1cc(CC(=O)O)nc(-n2c(C)ccc2C)c1. The van der Waals surface area contributed by atoms with E-state index < -0.39 is 5.97 Å². The molecule has 0 aliphatic rings. The van der Waals surface area contributed by atoms with Crippen LogP contribution in [0.1, 0.15) is 22.6 Å². The Morgan fingerprint density at radius 3 is 2.39 bits per heavy atom. The summed E-state index contributed by atoms with van der Waals surface area (Å²) in [5, 5.41) is 8.84. The van der Waals surface area contributed by atoms with Gasteiger partial charge in [-0.15, -0.1) is 0 Å². The second-order valence-corrected chi connectivity index (χ2v) is 4.52. The quantitative estimate of drug-likeness (QED) is 0.902. The van der Waals surface area contributed by atoms with Crippen LogP contribution in [0.5, 0.6) is 0 Å². The maximum atomic E-state index is 10.8. The average molecular weight is 244 g/mol. The standard InChI is InChI=1S/C14H16N2O2/c1-9-6-12(8-14(17)18)15-13(7-9)16-10(2)4-5-11(16)3/h4-7H,8H2,1-3H3,(H,17,18). The molecular formula is C14H16N2O2. The third-order valence-corrected chi connectivity index (χ3v) is 2.84. The summed E-state index contributed by atoms with van der Waals surface area (Å²) in [6.45, 7) is 5.96. The smallest absolute Gasteiger partial charge is 0.309 e. The summed E-state index contributed by atoms with van der Waals surface area (Å²) in [6.07, 6.45) is -0.0476. The fourth-order valence-electron chi connectivity index (χ4n) is 2.11. The molecule has 0 bridgehead atoms. The number of carbonyl (C=O) groups is 1. The summed E-state index contributed by atoms with van der Waals surface area (Å²) >= 11 is 0. The molecule has 1 N–H and O–H groups in total. The van der Waals surface area contributed by atoms with Crippen LogP contribution < -0.4 is 0 Å². The number of nitrogens with zero attached hydrogens (tertiary/aromatic N) is 2. The van der Waals surface area contributed by atoms with Crippen molar-refractivity contribution in [3.63, 3.8) is 0 Å². The fourth-order valence-corrected chi connectivity index (χ4v) is 2.11. The molecule has 0 spiro atoms. The molecule has 0 fully saturated rings. The molecule has 0 unspecified atom stereocenters. The van der Waals surface area contributed by atoms with Crippen molar-refractivity contribution in [2.24, 2.45) is 0 Å². The van der Waals surface area contributed by atoms with Gasteiger partial charge in [0.05, 0.1) is 12.1 Å². The van der Waals surface area contributed by atoms with Crippen molar-refractivity contribution < 1.29 is 9.90 Å². The van der Waals surface area contributed by atoms with Crippen molar-refractivity contribution in [1.82, 2.24) is 9.55 Å². The molecular weight excluding hydrogens is 228 g/mol. The summed E-state index contributed by atoms with van der Waals surface area (Å²) in [5.74, 6) is -0.0775. The number of pyridine rings is 1. The van der Waals surface area contributed by atoms with Crippen LogP contribution in [0.25, 0.3) is 5.82 Å². The van der Waals surface area contributed by atoms with E-state index in [0.29, 0.717) is 5.69 Å². The van der Waals surface area contributed by atoms with E-state index in [0.717, 1.165) is 22.8 Å². The Labute approximate surface area is 106 Å². The van der Waals surface area contributed by atoms with Gasteiger partial charge in [-0.3, -0.25) is 4.79 Å². The topological polar surface area (TPSA) is 55.1 Å². The lowest BCUT2D eigenvalue weighted by Gasteiger charge is -2.11. The molecule has 0 aliphatic carbocycles. The molecule has 0 aromatic carbocycles. The molecule has 0 amide bonds. The molecule has 4 heteroatoms. The lowest BCUT2D eigenvalue weighted by molar-refractivity contribution is -0.136. The summed E-state index contributed by atoms with van der Waals surface area (Å²) in [7, 11) is 0. The highest BCUT2D eigenvalue weighted by atomic mass is 16.4. The first kappa shape index (κ1) is 12.4. The largest absolute Gasteiger partial charge is 0.481 e. The molecule has 2 aromatic rings. The number of aliphatic carboxylic acids is 1. The van der Waals surface area contributed by atoms with Gasteiger partial charge in [-0.25, -0.2) is 4.98 Å². The van der Waals surface area contributed by atoms with E-state index in [1.165, 1.54) is 0 Å². The Bertz CT molecular complexity index is 580. The molecule has 0 radical (unpaired) electrons. The summed E-state index contributed by atoms with van der Waals surface area (Å²) < 4.78 is 2.03. The van der Waals surface area contributed by atoms with Gasteiger partial charge in [0.2, 0.25) is 0 Å². The summed E-state index contributed by atoms with van der Waals surface area (Å²) in [5.41, 5.74) is 3.78. The third-order valence-electron chi connectivity index (χ3n) is 2.84. The van der Waals surface area contributed by atoms with E-state index >= 15 is 0 Å². The van der Waals surface area contributed by atoms with E-state index in [2.05, 4.69) is 4.98 Å². The number of carboxylic acid groups (broad SMARTS) is 1. The maximum absolute atomic E-state index is 10.8.